The summed E-state index contributed by atoms with van der Waals surface area (Å²) >= 11 is 1.45. The zero-order chi connectivity index (χ0) is 11.3. The van der Waals surface area contributed by atoms with Crippen molar-refractivity contribution in [3.05, 3.63) is 11.7 Å². The van der Waals surface area contributed by atoms with Gasteiger partial charge in [0.25, 0.3) is 0 Å². The van der Waals surface area contributed by atoms with E-state index in [0.717, 1.165) is 17.8 Å². The minimum atomic E-state index is 0.0812. The second-order valence-electron chi connectivity index (χ2n) is 4.50. The molecular weight excluding hydrogens is 208 g/mol. The van der Waals surface area contributed by atoms with Gasteiger partial charge < -0.3 is 5.32 Å². The van der Waals surface area contributed by atoms with Gasteiger partial charge in [-0.05, 0) is 11.8 Å². The number of nitrogens with zero attached hydrogens (tertiary/aromatic N) is 1. The lowest BCUT2D eigenvalue weighted by molar-refractivity contribution is -0.118. The first-order chi connectivity index (χ1) is 7.03. The standard InChI is InChI=1S/C11H18N2OS/c1-4-5-11(2,3)6-9(14)13-10-7-12-8-15-10/h7-8H,4-6H2,1-3H3,(H,13,14). The lowest BCUT2D eigenvalue weighted by Gasteiger charge is -2.22. The molecule has 84 valence electrons. The fraction of sp³-hybridized carbons (Fsp3) is 0.636. The number of carbonyl (C=O) groups excluding carboxylic acids is 1. The summed E-state index contributed by atoms with van der Waals surface area (Å²) in [4.78, 5) is 15.6. The fourth-order valence-corrected chi connectivity index (χ4v) is 2.19. The van der Waals surface area contributed by atoms with Gasteiger partial charge >= 0.3 is 0 Å². The van der Waals surface area contributed by atoms with Gasteiger partial charge in [0, 0.05) is 6.42 Å². The van der Waals surface area contributed by atoms with Crippen LogP contribution in [0.15, 0.2) is 11.7 Å². The smallest absolute Gasteiger partial charge is 0.225 e. The highest BCUT2D eigenvalue weighted by molar-refractivity contribution is 7.13. The molecule has 3 nitrogen and oxygen atoms in total. The highest BCUT2D eigenvalue weighted by Gasteiger charge is 2.20. The van der Waals surface area contributed by atoms with Crippen LogP contribution in [-0.4, -0.2) is 10.9 Å². The molecule has 0 saturated carbocycles. The maximum absolute atomic E-state index is 11.7. The fourth-order valence-electron chi connectivity index (χ4n) is 1.66. The Labute approximate surface area is 94.9 Å². The van der Waals surface area contributed by atoms with Gasteiger partial charge in [-0.1, -0.05) is 27.2 Å². The Morgan fingerprint density at radius 3 is 2.87 bits per heavy atom. The van der Waals surface area contributed by atoms with Crippen LogP contribution in [0.25, 0.3) is 0 Å². The Kier molecular flexibility index (Phi) is 4.27. The molecule has 1 N–H and O–H groups in total. The van der Waals surface area contributed by atoms with Crippen molar-refractivity contribution in [2.24, 2.45) is 5.41 Å². The Bertz CT molecular complexity index is 306. The molecule has 0 radical (unpaired) electrons. The zero-order valence-electron chi connectivity index (χ0n) is 9.54. The second kappa shape index (κ2) is 5.26. The van der Waals surface area contributed by atoms with Gasteiger partial charge in [0.2, 0.25) is 5.91 Å². The van der Waals surface area contributed by atoms with Crippen molar-refractivity contribution in [2.45, 2.75) is 40.0 Å². The third-order valence-corrected chi connectivity index (χ3v) is 2.95. The number of thiazole rings is 1. The van der Waals surface area contributed by atoms with Crippen LogP contribution in [0, 0.1) is 5.41 Å². The molecule has 0 aliphatic heterocycles. The highest BCUT2D eigenvalue weighted by atomic mass is 32.1. The molecule has 1 amide bonds. The molecule has 0 fully saturated rings. The number of aromatic nitrogens is 1. The van der Waals surface area contributed by atoms with Gasteiger partial charge in [-0.25, -0.2) is 0 Å². The van der Waals surface area contributed by atoms with E-state index in [9.17, 15) is 4.79 Å². The first kappa shape index (κ1) is 12.2. The van der Waals surface area contributed by atoms with Crippen molar-refractivity contribution in [1.82, 2.24) is 4.98 Å². The van der Waals surface area contributed by atoms with Crippen LogP contribution in [0.3, 0.4) is 0 Å². The molecule has 0 aliphatic carbocycles. The van der Waals surface area contributed by atoms with Crippen LogP contribution < -0.4 is 5.32 Å². The normalized spacial score (nSPS) is 11.4. The third-order valence-electron chi connectivity index (χ3n) is 2.26. The number of hydrogen-bond donors (Lipinski definition) is 1. The van der Waals surface area contributed by atoms with Crippen molar-refractivity contribution in [3.63, 3.8) is 0 Å². The van der Waals surface area contributed by atoms with Gasteiger partial charge in [0.05, 0.1) is 11.7 Å². The first-order valence-corrected chi connectivity index (χ1v) is 6.10. The van der Waals surface area contributed by atoms with Crippen molar-refractivity contribution < 1.29 is 4.79 Å². The Balaban J connectivity index is 2.42. The molecule has 0 unspecified atom stereocenters. The summed E-state index contributed by atoms with van der Waals surface area (Å²) < 4.78 is 0. The van der Waals surface area contributed by atoms with E-state index in [0.29, 0.717) is 6.42 Å². The van der Waals surface area contributed by atoms with E-state index in [1.165, 1.54) is 11.3 Å². The average Bonchev–Trinajstić information content (AvgIpc) is 2.54. The van der Waals surface area contributed by atoms with Crippen LogP contribution in [0.2, 0.25) is 0 Å². The lowest BCUT2D eigenvalue weighted by atomic mass is 9.84. The molecule has 4 heteroatoms. The predicted molar refractivity (Wildman–Crippen MR) is 64.0 cm³/mol. The minimum Gasteiger partial charge on any atom is -0.316 e. The molecule has 0 saturated heterocycles. The van der Waals surface area contributed by atoms with Crippen molar-refractivity contribution in [3.8, 4) is 0 Å². The monoisotopic (exact) mass is 226 g/mol. The third kappa shape index (κ3) is 4.42. The SMILES string of the molecule is CCCC(C)(C)CC(=O)Nc1cncs1. The molecule has 0 atom stereocenters. The summed E-state index contributed by atoms with van der Waals surface area (Å²) in [6, 6.07) is 0. The Morgan fingerprint density at radius 1 is 1.60 bits per heavy atom. The van der Waals surface area contributed by atoms with E-state index < -0.39 is 0 Å². The van der Waals surface area contributed by atoms with E-state index in [1.807, 2.05) is 0 Å². The summed E-state index contributed by atoms with van der Waals surface area (Å²) in [6.45, 7) is 6.40. The number of anilines is 1. The number of carbonyl (C=O) groups is 1. The lowest BCUT2D eigenvalue weighted by Crippen LogP contribution is -2.21. The van der Waals surface area contributed by atoms with Gasteiger partial charge in [-0.2, -0.15) is 0 Å². The summed E-state index contributed by atoms with van der Waals surface area (Å²) in [5.74, 6) is 0.0812. The van der Waals surface area contributed by atoms with Gasteiger partial charge in [-0.15, -0.1) is 11.3 Å². The van der Waals surface area contributed by atoms with Crippen LogP contribution in [0.1, 0.15) is 40.0 Å². The molecule has 15 heavy (non-hydrogen) atoms. The van der Waals surface area contributed by atoms with E-state index >= 15 is 0 Å². The molecule has 0 aliphatic rings. The average molecular weight is 226 g/mol. The summed E-state index contributed by atoms with van der Waals surface area (Å²) in [6.07, 6.45) is 4.43. The van der Waals surface area contributed by atoms with E-state index in [4.69, 9.17) is 0 Å². The maximum atomic E-state index is 11.7. The molecule has 1 aromatic rings. The molecule has 1 rings (SSSR count). The topological polar surface area (TPSA) is 42.0 Å². The minimum absolute atomic E-state index is 0.0812. The second-order valence-corrected chi connectivity index (χ2v) is 5.39. The summed E-state index contributed by atoms with van der Waals surface area (Å²) in [7, 11) is 0. The van der Waals surface area contributed by atoms with Gasteiger partial charge in [0.1, 0.15) is 5.00 Å². The van der Waals surface area contributed by atoms with Crippen molar-refractivity contribution in [2.75, 3.05) is 5.32 Å². The predicted octanol–water partition coefficient (Wildman–Crippen LogP) is 3.30. The van der Waals surface area contributed by atoms with Crippen molar-refractivity contribution in [1.29, 1.82) is 0 Å². The number of rotatable bonds is 5. The molecule has 1 aromatic heterocycles. The highest BCUT2D eigenvalue weighted by Crippen LogP contribution is 2.27. The number of amides is 1. The Hall–Kier alpha value is -0.900. The van der Waals surface area contributed by atoms with E-state index in [1.54, 1.807) is 11.7 Å². The number of nitrogens with one attached hydrogen (secondary N) is 1. The molecule has 0 aromatic carbocycles. The van der Waals surface area contributed by atoms with Crippen LogP contribution in [0.5, 0.6) is 0 Å². The van der Waals surface area contributed by atoms with Crippen LogP contribution in [-0.2, 0) is 4.79 Å². The van der Waals surface area contributed by atoms with E-state index in [2.05, 4.69) is 31.1 Å². The van der Waals surface area contributed by atoms with Gasteiger partial charge in [0.15, 0.2) is 0 Å². The quantitative estimate of drug-likeness (QED) is 0.837. The van der Waals surface area contributed by atoms with Crippen molar-refractivity contribution >= 4 is 22.2 Å². The van der Waals surface area contributed by atoms with E-state index in [-0.39, 0.29) is 11.3 Å². The molecular formula is C11H18N2OS. The van der Waals surface area contributed by atoms with Crippen LogP contribution in [0.4, 0.5) is 5.00 Å². The number of hydrogen-bond acceptors (Lipinski definition) is 3. The molecule has 0 bridgehead atoms. The maximum Gasteiger partial charge on any atom is 0.225 e. The Morgan fingerprint density at radius 2 is 2.33 bits per heavy atom. The first-order valence-electron chi connectivity index (χ1n) is 5.22. The zero-order valence-corrected chi connectivity index (χ0v) is 10.4. The van der Waals surface area contributed by atoms with Crippen LogP contribution >= 0.6 is 11.3 Å². The molecule has 1 heterocycles. The van der Waals surface area contributed by atoms with Gasteiger partial charge in [-0.3, -0.25) is 9.78 Å². The summed E-state index contributed by atoms with van der Waals surface area (Å²) in [5, 5.41) is 3.68. The molecule has 0 spiro atoms. The largest absolute Gasteiger partial charge is 0.316 e. The summed E-state index contributed by atoms with van der Waals surface area (Å²) in [5.41, 5.74) is 1.80.